The molecule has 158 valence electrons. The summed E-state index contributed by atoms with van der Waals surface area (Å²) in [6.45, 7) is 7.29. The summed E-state index contributed by atoms with van der Waals surface area (Å²) in [6.07, 6.45) is 1.60. The molecule has 2 aromatic carbocycles. The van der Waals surface area contributed by atoms with Crippen molar-refractivity contribution in [1.29, 1.82) is 0 Å². The van der Waals surface area contributed by atoms with E-state index in [0.29, 0.717) is 0 Å². The van der Waals surface area contributed by atoms with E-state index in [1.165, 1.54) is 18.2 Å². The van der Waals surface area contributed by atoms with E-state index in [9.17, 15) is 13.2 Å². The topological polar surface area (TPSA) is 84.5 Å². The molecule has 0 heterocycles. The van der Waals surface area contributed by atoms with E-state index >= 15 is 0 Å². The summed E-state index contributed by atoms with van der Waals surface area (Å²) in [5.41, 5.74) is 2.93. The molecule has 0 fully saturated rings. The monoisotopic (exact) mass is 438 g/mol. The molecule has 6 nitrogen and oxygen atoms in total. The molecule has 0 unspecified atom stereocenters. The number of amides is 1. The van der Waals surface area contributed by atoms with Crippen LogP contribution >= 0.6 is 11.6 Å². The van der Waals surface area contributed by atoms with Crippen molar-refractivity contribution >= 4 is 33.2 Å². The molecule has 0 atom stereocenters. The molecule has 0 aliphatic carbocycles. The number of anilines is 1. The lowest BCUT2D eigenvalue weighted by Crippen LogP contribution is -2.30. The number of para-hydroxylation sites is 1. The second-order valence-corrected chi connectivity index (χ2v) is 8.98. The number of rotatable bonds is 9. The van der Waals surface area contributed by atoms with Crippen molar-refractivity contribution < 1.29 is 17.9 Å². The zero-order valence-electron chi connectivity index (χ0n) is 17.1. The van der Waals surface area contributed by atoms with E-state index in [2.05, 4.69) is 10.0 Å². The zero-order valence-corrected chi connectivity index (χ0v) is 18.7. The van der Waals surface area contributed by atoms with Gasteiger partial charge in [0, 0.05) is 11.7 Å². The molecule has 0 aliphatic rings. The minimum Gasteiger partial charge on any atom is -0.482 e. The highest BCUT2D eigenvalue weighted by atomic mass is 35.5. The average molecular weight is 439 g/mol. The quantitative estimate of drug-likeness (QED) is 0.615. The molecule has 2 aromatic rings. The number of sulfonamides is 1. The predicted molar refractivity (Wildman–Crippen MR) is 116 cm³/mol. The van der Waals surface area contributed by atoms with Crippen molar-refractivity contribution in [3.05, 3.63) is 52.5 Å². The summed E-state index contributed by atoms with van der Waals surface area (Å²) in [7, 11) is -3.66. The fraction of sp³-hybridized carbons (Fsp3) is 0.381. The number of carbonyl (C=O) groups excluding carboxylic acids is 1. The zero-order chi connectivity index (χ0) is 21.6. The van der Waals surface area contributed by atoms with Crippen molar-refractivity contribution in [1.82, 2.24) is 4.72 Å². The Morgan fingerprint density at radius 3 is 2.24 bits per heavy atom. The van der Waals surface area contributed by atoms with Crippen LogP contribution < -0.4 is 14.8 Å². The van der Waals surface area contributed by atoms with Gasteiger partial charge in [0.05, 0.1) is 9.92 Å². The molecule has 0 aliphatic heterocycles. The van der Waals surface area contributed by atoms with Crippen LogP contribution in [-0.2, 0) is 27.7 Å². The fourth-order valence-corrected chi connectivity index (χ4v) is 4.44. The summed E-state index contributed by atoms with van der Waals surface area (Å²) >= 11 is 6.16. The predicted octanol–water partition coefficient (Wildman–Crippen LogP) is 4.17. The summed E-state index contributed by atoms with van der Waals surface area (Å²) in [5, 5.41) is 3.03. The molecule has 2 N–H and O–H groups in total. The lowest BCUT2D eigenvalue weighted by atomic mass is 10.0. The fourth-order valence-electron chi connectivity index (χ4n) is 2.87. The van der Waals surface area contributed by atoms with Gasteiger partial charge in [0.2, 0.25) is 10.0 Å². The molecule has 0 radical (unpaired) electrons. The maximum atomic E-state index is 12.4. The third kappa shape index (κ3) is 6.19. The molecule has 2 rings (SSSR count). The summed E-state index contributed by atoms with van der Waals surface area (Å²) in [5.74, 6) is -0.0698. The highest BCUT2D eigenvalue weighted by molar-refractivity contribution is 7.89. The Hall–Kier alpha value is -2.09. The lowest BCUT2D eigenvalue weighted by molar-refractivity contribution is -0.118. The first-order chi connectivity index (χ1) is 13.7. The van der Waals surface area contributed by atoms with Gasteiger partial charge in [-0.2, -0.15) is 0 Å². The molecule has 8 heteroatoms. The van der Waals surface area contributed by atoms with Gasteiger partial charge >= 0.3 is 0 Å². The summed E-state index contributed by atoms with van der Waals surface area (Å²) < 4.78 is 32.4. The normalized spacial score (nSPS) is 11.5. The third-order valence-electron chi connectivity index (χ3n) is 4.23. The highest BCUT2D eigenvalue weighted by Crippen LogP contribution is 2.28. The van der Waals surface area contributed by atoms with Crippen molar-refractivity contribution in [2.45, 2.75) is 51.5 Å². The molecular formula is C21H27ClN2O4S. The number of nitrogens with one attached hydrogen (secondary N) is 2. The average Bonchev–Trinajstić information content (AvgIpc) is 2.66. The van der Waals surface area contributed by atoms with Crippen LogP contribution in [0.3, 0.4) is 0 Å². The van der Waals surface area contributed by atoms with Crippen LogP contribution in [0, 0.1) is 0 Å². The minimum atomic E-state index is -3.66. The number of halogens is 1. The van der Waals surface area contributed by atoms with Gasteiger partial charge in [-0.25, -0.2) is 13.1 Å². The minimum absolute atomic E-state index is 0.0393. The van der Waals surface area contributed by atoms with Gasteiger partial charge in [-0.1, -0.05) is 43.6 Å². The van der Waals surface area contributed by atoms with Gasteiger partial charge in [-0.15, -0.1) is 0 Å². The van der Waals surface area contributed by atoms with Crippen LogP contribution in [-0.4, -0.2) is 27.0 Å². The van der Waals surface area contributed by atoms with Gasteiger partial charge in [-0.3, -0.25) is 4.79 Å². The molecule has 0 spiro atoms. The van der Waals surface area contributed by atoms with Gasteiger partial charge in [0.25, 0.3) is 5.91 Å². The van der Waals surface area contributed by atoms with Crippen LogP contribution in [0.4, 0.5) is 5.69 Å². The van der Waals surface area contributed by atoms with Gasteiger partial charge in [0.1, 0.15) is 5.75 Å². The van der Waals surface area contributed by atoms with E-state index in [-0.39, 0.29) is 34.2 Å². The highest BCUT2D eigenvalue weighted by Gasteiger charge is 2.18. The summed E-state index contributed by atoms with van der Waals surface area (Å²) in [4.78, 5) is 12.4. The molecule has 0 aromatic heterocycles. The number of hydrogen-bond acceptors (Lipinski definition) is 4. The van der Waals surface area contributed by atoms with E-state index in [1.807, 2.05) is 32.0 Å². The molecule has 0 saturated carbocycles. The summed E-state index contributed by atoms with van der Waals surface area (Å²) in [6, 6.07) is 9.85. The molecule has 0 bridgehead atoms. The Labute approximate surface area is 177 Å². The van der Waals surface area contributed by atoms with Gasteiger partial charge in [0.15, 0.2) is 6.61 Å². The lowest BCUT2D eigenvalue weighted by Gasteiger charge is -2.15. The number of hydrogen-bond donors (Lipinski definition) is 2. The van der Waals surface area contributed by atoms with Crippen LogP contribution in [0.5, 0.6) is 5.75 Å². The van der Waals surface area contributed by atoms with Crippen LogP contribution in [0.2, 0.25) is 5.02 Å². The van der Waals surface area contributed by atoms with Gasteiger partial charge < -0.3 is 10.1 Å². The van der Waals surface area contributed by atoms with Crippen LogP contribution in [0.1, 0.15) is 38.8 Å². The van der Waals surface area contributed by atoms with Crippen molar-refractivity contribution in [3.63, 3.8) is 0 Å². The number of ether oxygens (including phenoxy) is 1. The first-order valence-corrected chi connectivity index (χ1v) is 11.4. The molecular weight excluding hydrogens is 412 g/mol. The second kappa shape index (κ2) is 10.1. The Bertz CT molecular complexity index is 952. The first kappa shape index (κ1) is 23.2. The largest absolute Gasteiger partial charge is 0.482 e. The Morgan fingerprint density at radius 1 is 1.10 bits per heavy atom. The standard InChI is InChI=1S/C21H27ClN2O4S/c1-5-15-8-7-9-16(6-2)21(15)23-20(25)13-28-19-11-10-17(12-18(19)22)29(26,27)24-14(3)4/h7-12,14,24H,5-6,13H2,1-4H3,(H,23,25). The van der Waals surface area contributed by atoms with Crippen molar-refractivity contribution in [3.8, 4) is 5.75 Å². The maximum Gasteiger partial charge on any atom is 0.262 e. The first-order valence-electron chi connectivity index (χ1n) is 9.53. The molecule has 1 amide bonds. The Kier molecular flexibility index (Phi) is 8.07. The van der Waals surface area contributed by atoms with Crippen LogP contribution in [0.15, 0.2) is 41.3 Å². The molecule has 29 heavy (non-hydrogen) atoms. The van der Waals surface area contributed by atoms with E-state index < -0.39 is 10.0 Å². The number of carbonyl (C=O) groups is 1. The smallest absolute Gasteiger partial charge is 0.262 e. The second-order valence-electron chi connectivity index (χ2n) is 6.86. The number of aryl methyl sites for hydroxylation is 2. The third-order valence-corrected chi connectivity index (χ3v) is 6.18. The van der Waals surface area contributed by atoms with Crippen molar-refractivity contribution in [2.24, 2.45) is 0 Å². The van der Waals surface area contributed by atoms with E-state index in [4.69, 9.17) is 16.3 Å². The molecule has 0 saturated heterocycles. The Balaban J connectivity index is 2.08. The number of benzene rings is 2. The van der Waals surface area contributed by atoms with Gasteiger partial charge in [-0.05, 0) is 56.0 Å². The SMILES string of the molecule is CCc1cccc(CC)c1NC(=O)COc1ccc(S(=O)(=O)NC(C)C)cc1Cl. The maximum absolute atomic E-state index is 12.4. The van der Waals surface area contributed by atoms with E-state index in [1.54, 1.807) is 13.8 Å². The van der Waals surface area contributed by atoms with Crippen LogP contribution in [0.25, 0.3) is 0 Å². The Morgan fingerprint density at radius 2 is 1.72 bits per heavy atom. The van der Waals surface area contributed by atoms with E-state index in [0.717, 1.165) is 29.7 Å². The van der Waals surface area contributed by atoms with Crippen molar-refractivity contribution in [2.75, 3.05) is 11.9 Å².